The number of rotatable bonds is 10. The van der Waals surface area contributed by atoms with Gasteiger partial charge in [0.25, 0.3) is 5.79 Å². The summed E-state index contributed by atoms with van der Waals surface area (Å²) in [7, 11) is 3.90. The Morgan fingerprint density at radius 1 is 0.905 bits per heavy atom. The largest absolute Gasteiger partial charge is 0.504 e. The lowest BCUT2D eigenvalue weighted by Gasteiger charge is -2.36. The molecule has 3 N–H and O–H groups in total. The van der Waals surface area contributed by atoms with Crippen molar-refractivity contribution in [3.05, 3.63) is 59.7 Å². The number of ether oxygens (including phenoxy) is 7. The molecule has 42 heavy (non-hydrogen) atoms. The highest BCUT2D eigenvalue weighted by Gasteiger charge is 2.63. The first-order valence-corrected chi connectivity index (χ1v) is 12.7. The van der Waals surface area contributed by atoms with Crippen LogP contribution in [0.25, 0.3) is 12.2 Å². The van der Waals surface area contributed by atoms with Crippen LogP contribution < -0.4 is 9.47 Å². The van der Waals surface area contributed by atoms with Crippen LogP contribution in [0.1, 0.15) is 17.5 Å². The van der Waals surface area contributed by atoms with Gasteiger partial charge in [0.15, 0.2) is 23.0 Å². The molecule has 2 aliphatic heterocycles. The van der Waals surface area contributed by atoms with Crippen molar-refractivity contribution in [1.82, 2.24) is 0 Å². The first-order chi connectivity index (χ1) is 20.1. The van der Waals surface area contributed by atoms with E-state index in [1.54, 1.807) is 12.1 Å². The maximum absolute atomic E-state index is 12.6. The summed E-state index contributed by atoms with van der Waals surface area (Å²) in [6, 6.07) is 8.94. The lowest BCUT2D eigenvalue weighted by Crippen LogP contribution is -2.55. The zero-order valence-electron chi connectivity index (χ0n) is 22.9. The van der Waals surface area contributed by atoms with E-state index in [1.165, 1.54) is 50.6 Å². The number of carbonyl (C=O) groups excluding carboxylic acids is 3. The van der Waals surface area contributed by atoms with E-state index in [4.69, 9.17) is 33.2 Å². The highest BCUT2D eigenvalue weighted by Crippen LogP contribution is 2.42. The molecule has 2 aromatic rings. The fourth-order valence-electron chi connectivity index (χ4n) is 4.52. The predicted octanol–water partition coefficient (Wildman–Crippen LogP) is 1.71. The molecule has 224 valence electrons. The average Bonchev–Trinajstić information content (AvgIpc) is 3.32. The molecule has 13 heteroatoms. The molecular formula is C29H30O13. The molecule has 5 atom stereocenters. The minimum absolute atomic E-state index is 0.0576. The normalized spacial score (nSPS) is 24.9. The summed E-state index contributed by atoms with van der Waals surface area (Å²) in [5, 5.41) is 30.3. The Kier molecular flexibility index (Phi) is 9.35. The van der Waals surface area contributed by atoms with Gasteiger partial charge in [-0.05, 0) is 47.5 Å². The number of esters is 3. The van der Waals surface area contributed by atoms with Crippen molar-refractivity contribution < 1.29 is 62.9 Å². The third-order valence-electron chi connectivity index (χ3n) is 6.61. The van der Waals surface area contributed by atoms with Gasteiger partial charge in [-0.1, -0.05) is 12.1 Å². The maximum atomic E-state index is 12.6. The molecule has 0 saturated carbocycles. The minimum Gasteiger partial charge on any atom is -0.504 e. The predicted molar refractivity (Wildman–Crippen MR) is 143 cm³/mol. The molecule has 0 amide bonds. The van der Waals surface area contributed by atoms with Crippen molar-refractivity contribution in [2.75, 3.05) is 27.9 Å². The van der Waals surface area contributed by atoms with Gasteiger partial charge in [-0.3, -0.25) is 0 Å². The number of carbonyl (C=O) groups is 3. The fraction of sp³-hybridized carbons (Fsp3) is 0.345. The molecule has 0 aliphatic carbocycles. The lowest BCUT2D eigenvalue weighted by molar-refractivity contribution is -0.249. The second-order valence-corrected chi connectivity index (χ2v) is 9.31. The summed E-state index contributed by atoms with van der Waals surface area (Å²) in [5.41, 5.74) is 1.09. The summed E-state index contributed by atoms with van der Waals surface area (Å²) >= 11 is 0. The molecule has 13 nitrogen and oxygen atoms in total. The second-order valence-electron chi connectivity index (χ2n) is 9.31. The van der Waals surface area contributed by atoms with Gasteiger partial charge in [0.2, 0.25) is 0 Å². The first-order valence-electron chi connectivity index (χ1n) is 12.7. The molecule has 2 bridgehead atoms. The standard InChI is InChI=1S/C29H30O13/c1-36-20-12-16(4-8-18(20)30)6-10-24(32)39-15-23-27-26(34)22(14-29(41-23,42-27)28(35)38-3)40-25(33)11-7-17-5-9-19(31)21(13-17)37-2/h4-13,22-23,26-27,30-31,34H,14-15H2,1-3H3/b10-6+,11-7+/t22-,23-,26-,27-,29+/m1/s1. The van der Waals surface area contributed by atoms with Crippen molar-refractivity contribution in [2.45, 2.75) is 36.6 Å². The van der Waals surface area contributed by atoms with Crippen LogP contribution in [-0.2, 0) is 38.1 Å². The Balaban J connectivity index is 1.41. The van der Waals surface area contributed by atoms with Crippen LogP contribution in [0, 0.1) is 0 Å². The molecule has 2 heterocycles. The van der Waals surface area contributed by atoms with E-state index in [0.717, 1.165) is 19.3 Å². The van der Waals surface area contributed by atoms with Crippen LogP contribution in [0.2, 0.25) is 0 Å². The van der Waals surface area contributed by atoms with Crippen LogP contribution >= 0.6 is 0 Å². The zero-order chi connectivity index (χ0) is 30.4. The molecule has 0 aromatic heterocycles. The Morgan fingerprint density at radius 3 is 2.02 bits per heavy atom. The molecule has 0 spiro atoms. The molecule has 2 aliphatic rings. The monoisotopic (exact) mass is 586 g/mol. The van der Waals surface area contributed by atoms with Crippen LogP contribution in [0.15, 0.2) is 48.6 Å². The first kappa shape index (κ1) is 30.4. The van der Waals surface area contributed by atoms with E-state index in [-0.39, 0.29) is 29.4 Å². The van der Waals surface area contributed by atoms with Gasteiger partial charge in [0.1, 0.15) is 31.0 Å². The van der Waals surface area contributed by atoms with Crippen molar-refractivity contribution in [2.24, 2.45) is 0 Å². The number of phenolic OH excluding ortho intramolecular Hbond substituents is 2. The van der Waals surface area contributed by atoms with E-state index >= 15 is 0 Å². The molecular weight excluding hydrogens is 556 g/mol. The number of fused-ring (bicyclic) bond motifs is 2. The highest BCUT2D eigenvalue weighted by atomic mass is 16.8. The van der Waals surface area contributed by atoms with Crippen molar-refractivity contribution in [3.8, 4) is 23.0 Å². The van der Waals surface area contributed by atoms with E-state index in [2.05, 4.69) is 0 Å². The van der Waals surface area contributed by atoms with E-state index in [0.29, 0.717) is 11.1 Å². The lowest BCUT2D eigenvalue weighted by atomic mass is 9.95. The number of aromatic hydroxyl groups is 2. The number of hydrogen-bond acceptors (Lipinski definition) is 13. The number of benzene rings is 2. The van der Waals surface area contributed by atoms with Gasteiger partial charge in [-0.2, -0.15) is 0 Å². The van der Waals surface area contributed by atoms with E-state index < -0.39 is 54.7 Å². The Morgan fingerprint density at radius 2 is 1.48 bits per heavy atom. The third kappa shape index (κ3) is 6.65. The fourth-order valence-corrected chi connectivity index (χ4v) is 4.52. The van der Waals surface area contributed by atoms with Gasteiger partial charge >= 0.3 is 17.9 Å². The SMILES string of the molecule is COC(=O)[C@]12C[C@@H](OC(=O)/C=C/c3ccc(O)c(OC)c3)[C@@H](O)[C@H](O1)[C@@H](COC(=O)/C=C/c1ccc(O)c(OC)c1)O2. The van der Waals surface area contributed by atoms with Gasteiger partial charge in [-0.15, -0.1) is 0 Å². The molecule has 0 unspecified atom stereocenters. The number of aliphatic hydroxyl groups excluding tert-OH is 1. The smallest absolute Gasteiger partial charge is 0.366 e. The number of aliphatic hydroxyl groups is 1. The molecule has 0 radical (unpaired) electrons. The van der Waals surface area contributed by atoms with Gasteiger partial charge < -0.3 is 48.5 Å². The molecule has 2 saturated heterocycles. The quantitative estimate of drug-likeness (QED) is 0.209. The van der Waals surface area contributed by atoms with Crippen molar-refractivity contribution in [1.29, 1.82) is 0 Å². The van der Waals surface area contributed by atoms with Crippen LogP contribution in [-0.4, -0.2) is 91.4 Å². The van der Waals surface area contributed by atoms with Crippen LogP contribution in [0.3, 0.4) is 0 Å². The highest BCUT2D eigenvalue weighted by molar-refractivity contribution is 5.88. The number of hydrogen-bond donors (Lipinski definition) is 3. The summed E-state index contributed by atoms with van der Waals surface area (Å²) in [6.45, 7) is -0.397. The summed E-state index contributed by atoms with van der Waals surface area (Å²) in [5.74, 6) is -4.18. The topological polar surface area (TPSA) is 177 Å². The summed E-state index contributed by atoms with van der Waals surface area (Å²) in [6.07, 6.45) is -0.209. The van der Waals surface area contributed by atoms with Crippen LogP contribution in [0.5, 0.6) is 23.0 Å². The average molecular weight is 587 g/mol. The zero-order valence-corrected chi connectivity index (χ0v) is 22.9. The van der Waals surface area contributed by atoms with E-state index in [9.17, 15) is 29.7 Å². The van der Waals surface area contributed by atoms with E-state index in [1.807, 2.05) is 0 Å². The Bertz CT molecular complexity index is 1380. The van der Waals surface area contributed by atoms with Gasteiger partial charge in [0, 0.05) is 12.2 Å². The Labute approximate surface area is 240 Å². The minimum atomic E-state index is -1.99. The molecule has 4 rings (SSSR count). The summed E-state index contributed by atoms with van der Waals surface area (Å²) < 4.78 is 37.1. The van der Waals surface area contributed by atoms with Gasteiger partial charge in [0.05, 0.1) is 27.8 Å². The van der Waals surface area contributed by atoms with Crippen molar-refractivity contribution in [3.63, 3.8) is 0 Å². The number of phenols is 2. The molecule has 2 fully saturated rings. The molecule has 2 aromatic carbocycles. The van der Waals surface area contributed by atoms with Crippen molar-refractivity contribution >= 4 is 30.1 Å². The summed E-state index contributed by atoms with van der Waals surface area (Å²) in [4.78, 5) is 37.5. The van der Waals surface area contributed by atoms with Crippen LogP contribution in [0.4, 0.5) is 0 Å². The second kappa shape index (κ2) is 12.9. The maximum Gasteiger partial charge on any atom is 0.366 e. The number of methoxy groups -OCH3 is 3. The third-order valence-corrected chi connectivity index (χ3v) is 6.61. The Hall–Kier alpha value is -4.59. The van der Waals surface area contributed by atoms with Gasteiger partial charge in [-0.25, -0.2) is 14.4 Å².